The molecule has 0 fully saturated rings. The van der Waals surface area contributed by atoms with E-state index in [9.17, 15) is 0 Å². The number of benzene rings is 1. The van der Waals surface area contributed by atoms with Crippen molar-refractivity contribution in [1.82, 2.24) is 20.1 Å². The lowest BCUT2D eigenvalue weighted by atomic mass is 10.3. The molecular weight excluding hydrogens is 264 g/mol. The Balaban J connectivity index is 1.84. The molecule has 0 aliphatic heterocycles. The van der Waals surface area contributed by atoms with Crippen LogP contribution in [0.4, 0.5) is 0 Å². The average molecular weight is 282 g/mol. The van der Waals surface area contributed by atoms with Gasteiger partial charge < -0.3 is 9.73 Å². The largest absolute Gasteiger partial charge is 0.439 e. The van der Waals surface area contributed by atoms with E-state index >= 15 is 0 Å². The van der Waals surface area contributed by atoms with Gasteiger partial charge in [-0.2, -0.15) is 5.10 Å². The zero-order valence-electron chi connectivity index (χ0n) is 12.2. The van der Waals surface area contributed by atoms with E-state index in [0.29, 0.717) is 5.89 Å². The average Bonchev–Trinajstić information content (AvgIpc) is 3.17. The third-order valence-electron chi connectivity index (χ3n) is 3.29. The van der Waals surface area contributed by atoms with E-state index in [1.807, 2.05) is 48.1 Å². The summed E-state index contributed by atoms with van der Waals surface area (Å²) in [5, 5.41) is 7.65. The second-order valence-corrected chi connectivity index (χ2v) is 4.85. The molecule has 0 spiro atoms. The summed E-state index contributed by atoms with van der Waals surface area (Å²) in [4.78, 5) is 4.33. The Morgan fingerprint density at radius 1 is 1.24 bits per heavy atom. The van der Waals surface area contributed by atoms with Crippen molar-refractivity contribution in [2.24, 2.45) is 0 Å². The van der Waals surface area contributed by atoms with Crippen LogP contribution in [0.25, 0.3) is 17.0 Å². The van der Waals surface area contributed by atoms with Gasteiger partial charge in [-0.3, -0.25) is 0 Å². The topological polar surface area (TPSA) is 55.9 Å². The first-order valence-corrected chi connectivity index (χ1v) is 7.07. The molecule has 0 aliphatic carbocycles. The lowest BCUT2D eigenvalue weighted by Crippen LogP contribution is -2.17. The van der Waals surface area contributed by atoms with Crippen molar-refractivity contribution in [1.29, 1.82) is 0 Å². The number of rotatable bonds is 5. The Kier molecular flexibility index (Phi) is 3.83. The summed E-state index contributed by atoms with van der Waals surface area (Å²) in [7, 11) is 0. The van der Waals surface area contributed by atoms with Crippen LogP contribution < -0.4 is 5.32 Å². The van der Waals surface area contributed by atoms with Crippen LogP contribution in [0.5, 0.6) is 0 Å². The quantitative estimate of drug-likeness (QED) is 0.780. The van der Waals surface area contributed by atoms with E-state index in [1.54, 1.807) is 12.4 Å². The Labute approximate surface area is 123 Å². The summed E-state index contributed by atoms with van der Waals surface area (Å²) in [6.07, 6.45) is 5.47. The molecule has 0 saturated carbocycles. The van der Waals surface area contributed by atoms with Gasteiger partial charge in [-0.1, -0.05) is 25.1 Å². The van der Waals surface area contributed by atoms with Crippen LogP contribution in [0.15, 0.2) is 53.3 Å². The monoisotopic (exact) mass is 282 g/mol. The molecule has 3 rings (SSSR count). The highest BCUT2D eigenvalue weighted by Gasteiger charge is 2.13. The molecule has 2 heterocycles. The van der Waals surface area contributed by atoms with Crippen molar-refractivity contribution in [3.63, 3.8) is 0 Å². The maximum atomic E-state index is 5.81. The number of nitrogens with zero attached hydrogens (tertiary/aromatic N) is 3. The minimum atomic E-state index is 0.105. The third kappa shape index (κ3) is 2.87. The zero-order chi connectivity index (χ0) is 14.7. The van der Waals surface area contributed by atoms with Crippen LogP contribution >= 0.6 is 0 Å². The smallest absolute Gasteiger partial charge is 0.211 e. The normalized spacial score (nSPS) is 12.5. The summed E-state index contributed by atoms with van der Waals surface area (Å²) in [6.45, 7) is 4.97. The number of hydrogen-bond acceptors (Lipinski definition) is 4. The number of nitrogens with one attached hydrogen (secondary N) is 1. The second kappa shape index (κ2) is 5.93. The molecule has 108 valence electrons. The first-order chi connectivity index (χ1) is 10.3. The van der Waals surface area contributed by atoms with Crippen molar-refractivity contribution >= 4 is 0 Å². The summed E-state index contributed by atoms with van der Waals surface area (Å²) >= 11 is 0. The van der Waals surface area contributed by atoms with Crippen molar-refractivity contribution < 1.29 is 4.42 Å². The maximum Gasteiger partial charge on any atom is 0.211 e. The van der Waals surface area contributed by atoms with E-state index in [-0.39, 0.29) is 6.04 Å². The van der Waals surface area contributed by atoms with Gasteiger partial charge in [0.05, 0.1) is 29.7 Å². The first-order valence-electron chi connectivity index (χ1n) is 7.07. The van der Waals surface area contributed by atoms with Gasteiger partial charge >= 0.3 is 0 Å². The van der Waals surface area contributed by atoms with Gasteiger partial charge in [-0.05, 0) is 25.6 Å². The molecule has 0 radical (unpaired) electrons. The van der Waals surface area contributed by atoms with Gasteiger partial charge in [0.25, 0.3) is 0 Å². The fourth-order valence-electron chi connectivity index (χ4n) is 2.19. The fourth-order valence-corrected chi connectivity index (χ4v) is 2.19. The maximum absolute atomic E-state index is 5.81. The highest BCUT2D eigenvalue weighted by molar-refractivity contribution is 5.54. The van der Waals surface area contributed by atoms with Gasteiger partial charge in [-0.25, -0.2) is 9.67 Å². The molecule has 0 saturated heterocycles. The predicted molar refractivity (Wildman–Crippen MR) is 81.2 cm³/mol. The van der Waals surface area contributed by atoms with Gasteiger partial charge in [0.1, 0.15) is 0 Å². The molecule has 0 bridgehead atoms. The van der Waals surface area contributed by atoms with E-state index in [4.69, 9.17) is 4.42 Å². The predicted octanol–water partition coefficient (Wildman–Crippen LogP) is 3.20. The summed E-state index contributed by atoms with van der Waals surface area (Å²) in [5.74, 6) is 1.43. The minimum Gasteiger partial charge on any atom is -0.439 e. The number of aromatic nitrogens is 3. The summed E-state index contributed by atoms with van der Waals surface area (Å²) < 4.78 is 7.63. The molecule has 1 N–H and O–H groups in total. The molecule has 5 heteroatoms. The van der Waals surface area contributed by atoms with Crippen LogP contribution in [-0.2, 0) is 0 Å². The molecule has 0 amide bonds. The van der Waals surface area contributed by atoms with E-state index < -0.39 is 0 Å². The highest BCUT2D eigenvalue weighted by atomic mass is 16.4. The standard InChI is InChI=1S/C16H18N4O/c1-3-17-12(2)16-18-10-15(21-16)13-9-19-20(11-13)14-7-5-4-6-8-14/h4-12,17H,3H2,1-2H3. The van der Waals surface area contributed by atoms with E-state index in [0.717, 1.165) is 23.6 Å². The molecule has 5 nitrogen and oxygen atoms in total. The minimum absolute atomic E-state index is 0.105. The van der Waals surface area contributed by atoms with Crippen molar-refractivity contribution in [2.75, 3.05) is 6.54 Å². The van der Waals surface area contributed by atoms with Crippen LogP contribution in [0.2, 0.25) is 0 Å². The van der Waals surface area contributed by atoms with Crippen LogP contribution in [0, 0.1) is 0 Å². The van der Waals surface area contributed by atoms with Crippen LogP contribution in [-0.4, -0.2) is 21.3 Å². The molecule has 0 aliphatic rings. The van der Waals surface area contributed by atoms with E-state index in [1.165, 1.54) is 0 Å². The Morgan fingerprint density at radius 2 is 2.05 bits per heavy atom. The van der Waals surface area contributed by atoms with Gasteiger partial charge in [0.15, 0.2) is 5.76 Å². The molecule has 2 aromatic heterocycles. The second-order valence-electron chi connectivity index (χ2n) is 4.85. The van der Waals surface area contributed by atoms with Crippen LogP contribution in [0.1, 0.15) is 25.8 Å². The van der Waals surface area contributed by atoms with Gasteiger partial charge in [-0.15, -0.1) is 0 Å². The van der Waals surface area contributed by atoms with Crippen molar-refractivity contribution in [3.05, 3.63) is 54.8 Å². The Morgan fingerprint density at radius 3 is 2.81 bits per heavy atom. The van der Waals surface area contributed by atoms with Gasteiger partial charge in [0.2, 0.25) is 5.89 Å². The van der Waals surface area contributed by atoms with Crippen molar-refractivity contribution in [2.45, 2.75) is 19.9 Å². The van der Waals surface area contributed by atoms with Gasteiger partial charge in [0, 0.05) is 6.20 Å². The molecular formula is C16H18N4O. The Bertz CT molecular complexity index is 702. The molecule has 1 unspecified atom stereocenters. The lowest BCUT2D eigenvalue weighted by Gasteiger charge is -2.06. The Hall–Kier alpha value is -2.40. The van der Waals surface area contributed by atoms with E-state index in [2.05, 4.69) is 22.3 Å². The number of oxazole rings is 1. The summed E-state index contributed by atoms with van der Waals surface area (Å²) in [5.41, 5.74) is 1.94. The highest BCUT2D eigenvalue weighted by Crippen LogP contribution is 2.23. The fraction of sp³-hybridized carbons (Fsp3) is 0.250. The third-order valence-corrected chi connectivity index (χ3v) is 3.29. The SMILES string of the molecule is CCNC(C)c1ncc(-c2cnn(-c3ccccc3)c2)o1. The molecule has 21 heavy (non-hydrogen) atoms. The molecule has 3 aromatic rings. The zero-order valence-corrected chi connectivity index (χ0v) is 12.2. The summed E-state index contributed by atoms with van der Waals surface area (Å²) in [6, 6.07) is 10.1. The van der Waals surface area contributed by atoms with Crippen molar-refractivity contribution in [3.8, 4) is 17.0 Å². The number of hydrogen-bond donors (Lipinski definition) is 1. The molecule has 1 aromatic carbocycles. The number of para-hydroxylation sites is 1. The molecule has 1 atom stereocenters. The lowest BCUT2D eigenvalue weighted by molar-refractivity contribution is 0.429. The van der Waals surface area contributed by atoms with Crippen LogP contribution in [0.3, 0.4) is 0 Å². The first kappa shape index (κ1) is 13.6.